The van der Waals surface area contributed by atoms with Gasteiger partial charge >= 0.3 is 5.97 Å². The fourth-order valence-corrected chi connectivity index (χ4v) is 3.47. The Morgan fingerprint density at radius 1 is 1.11 bits per heavy atom. The minimum absolute atomic E-state index is 0.0233. The molecule has 0 spiro atoms. The fraction of sp³-hybridized carbons (Fsp3) is 0.263. The predicted molar refractivity (Wildman–Crippen MR) is 97.5 cm³/mol. The van der Waals surface area contributed by atoms with E-state index >= 15 is 0 Å². The Kier molecular flexibility index (Phi) is 6.81. The van der Waals surface area contributed by atoms with E-state index in [4.69, 9.17) is 4.74 Å². The summed E-state index contributed by atoms with van der Waals surface area (Å²) in [6.07, 6.45) is 0.642. The third-order valence-electron chi connectivity index (χ3n) is 3.85. The quantitative estimate of drug-likeness (QED) is 0.550. The third-order valence-corrected chi connectivity index (χ3v) is 5.46. The number of hydrogen-bond acceptors (Lipinski definition) is 5. The van der Waals surface area contributed by atoms with Gasteiger partial charge in [-0.05, 0) is 49.7 Å². The topological polar surface area (TPSA) is 89.5 Å². The van der Waals surface area contributed by atoms with E-state index in [-0.39, 0.29) is 22.1 Å². The maximum Gasteiger partial charge on any atom is 0.338 e. The minimum Gasteiger partial charge on any atom is -0.454 e. The van der Waals surface area contributed by atoms with E-state index < -0.39 is 34.2 Å². The second-order valence-electron chi connectivity index (χ2n) is 5.96. The molecule has 0 amide bonds. The Bertz CT molecular complexity index is 925. The molecule has 0 unspecified atom stereocenters. The summed E-state index contributed by atoms with van der Waals surface area (Å²) in [5.41, 5.74) is 0.199. The molecule has 0 aliphatic rings. The SMILES string of the molecule is CC[C@@H](C)NS(=O)(=O)c1ccc(C(=O)OCC(=O)c2cccc(F)c2)cc1. The Morgan fingerprint density at radius 3 is 2.37 bits per heavy atom. The van der Waals surface area contributed by atoms with Crippen LogP contribution in [0.1, 0.15) is 41.0 Å². The molecule has 0 saturated heterocycles. The van der Waals surface area contributed by atoms with Gasteiger partial charge in [0.1, 0.15) is 5.82 Å². The molecule has 27 heavy (non-hydrogen) atoms. The van der Waals surface area contributed by atoms with Gasteiger partial charge in [-0.2, -0.15) is 0 Å². The van der Waals surface area contributed by atoms with E-state index in [1.165, 1.54) is 42.5 Å². The maximum atomic E-state index is 13.1. The molecule has 0 fully saturated rings. The first-order chi connectivity index (χ1) is 12.7. The number of halogens is 1. The molecule has 6 nitrogen and oxygen atoms in total. The molecule has 0 saturated carbocycles. The second-order valence-corrected chi connectivity index (χ2v) is 7.68. The summed E-state index contributed by atoms with van der Waals surface area (Å²) in [4.78, 5) is 24.0. The number of benzene rings is 2. The zero-order valence-corrected chi connectivity index (χ0v) is 15.8. The van der Waals surface area contributed by atoms with Gasteiger partial charge < -0.3 is 4.74 Å². The standard InChI is InChI=1S/C19H20FNO5S/c1-3-13(2)21-27(24,25)17-9-7-14(8-10-17)19(23)26-12-18(22)15-5-4-6-16(20)11-15/h4-11,13,21H,3,12H2,1-2H3/t13-/m1/s1. The summed E-state index contributed by atoms with van der Waals surface area (Å²) in [5.74, 6) is -1.88. The minimum atomic E-state index is -3.67. The van der Waals surface area contributed by atoms with Crippen LogP contribution in [0.4, 0.5) is 4.39 Å². The summed E-state index contributed by atoms with van der Waals surface area (Å²) in [5, 5.41) is 0. The average molecular weight is 393 g/mol. The van der Waals surface area contributed by atoms with Gasteiger partial charge in [-0.3, -0.25) is 4.79 Å². The van der Waals surface area contributed by atoms with E-state index in [9.17, 15) is 22.4 Å². The molecule has 8 heteroatoms. The molecule has 1 N–H and O–H groups in total. The van der Waals surface area contributed by atoms with Gasteiger partial charge in [-0.1, -0.05) is 19.1 Å². The van der Waals surface area contributed by atoms with Crippen molar-refractivity contribution in [2.75, 3.05) is 6.61 Å². The second kappa shape index (κ2) is 8.88. The Balaban J connectivity index is 2.00. The number of carbonyl (C=O) groups is 2. The summed E-state index contributed by atoms with van der Waals surface area (Å²) in [7, 11) is -3.67. The highest BCUT2D eigenvalue weighted by atomic mass is 32.2. The average Bonchev–Trinajstić information content (AvgIpc) is 2.65. The van der Waals surface area contributed by atoms with E-state index in [1.54, 1.807) is 6.92 Å². The summed E-state index contributed by atoms with van der Waals surface area (Å²) >= 11 is 0. The molecule has 2 rings (SSSR count). The number of sulfonamides is 1. The van der Waals surface area contributed by atoms with Crippen molar-refractivity contribution in [1.82, 2.24) is 4.72 Å². The van der Waals surface area contributed by atoms with Gasteiger partial charge in [0.15, 0.2) is 12.4 Å². The number of esters is 1. The lowest BCUT2D eigenvalue weighted by Gasteiger charge is -2.12. The zero-order chi connectivity index (χ0) is 20.0. The van der Waals surface area contributed by atoms with Crippen molar-refractivity contribution in [1.29, 1.82) is 0 Å². The molecular formula is C19H20FNO5S. The van der Waals surface area contributed by atoms with Crippen molar-refractivity contribution in [2.45, 2.75) is 31.2 Å². The lowest BCUT2D eigenvalue weighted by atomic mass is 10.1. The third kappa shape index (κ3) is 5.70. The highest BCUT2D eigenvalue weighted by molar-refractivity contribution is 7.89. The van der Waals surface area contributed by atoms with Crippen molar-refractivity contribution in [3.63, 3.8) is 0 Å². The van der Waals surface area contributed by atoms with Gasteiger partial charge in [0.05, 0.1) is 10.5 Å². The normalized spacial score (nSPS) is 12.4. The van der Waals surface area contributed by atoms with Crippen LogP contribution in [0, 0.1) is 5.82 Å². The molecule has 144 valence electrons. The van der Waals surface area contributed by atoms with Crippen molar-refractivity contribution in [3.05, 3.63) is 65.5 Å². The lowest BCUT2D eigenvalue weighted by molar-refractivity contribution is 0.0474. The summed E-state index contributed by atoms with van der Waals surface area (Å²) in [6.45, 7) is 3.06. The largest absolute Gasteiger partial charge is 0.454 e. The highest BCUT2D eigenvalue weighted by Crippen LogP contribution is 2.13. The molecule has 0 aliphatic heterocycles. The molecule has 0 radical (unpaired) electrons. The molecule has 0 heterocycles. The molecule has 0 aromatic heterocycles. The van der Waals surface area contributed by atoms with Gasteiger partial charge in [-0.15, -0.1) is 0 Å². The molecular weight excluding hydrogens is 373 g/mol. The monoisotopic (exact) mass is 393 g/mol. The van der Waals surface area contributed by atoms with Crippen LogP contribution in [0.5, 0.6) is 0 Å². The molecule has 2 aromatic carbocycles. The lowest BCUT2D eigenvalue weighted by Crippen LogP contribution is -2.32. The summed E-state index contributed by atoms with van der Waals surface area (Å²) < 4.78 is 44.9. The molecule has 0 bridgehead atoms. The van der Waals surface area contributed by atoms with Gasteiger partial charge in [-0.25, -0.2) is 22.3 Å². The van der Waals surface area contributed by atoms with Crippen molar-refractivity contribution in [3.8, 4) is 0 Å². The number of Topliss-reactive ketones (excluding diaryl/α,β-unsaturated/α-hetero) is 1. The van der Waals surface area contributed by atoms with Crippen LogP contribution < -0.4 is 4.72 Å². The van der Waals surface area contributed by atoms with Gasteiger partial charge in [0, 0.05) is 11.6 Å². The number of carbonyl (C=O) groups excluding carboxylic acids is 2. The van der Waals surface area contributed by atoms with Crippen LogP contribution in [-0.2, 0) is 14.8 Å². The van der Waals surface area contributed by atoms with Gasteiger partial charge in [0.2, 0.25) is 10.0 Å². The predicted octanol–water partition coefficient (Wildman–Crippen LogP) is 2.94. The van der Waals surface area contributed by atoms with E-state index in [0.717, 1.165) is 6.07 Å². The highest BCUT2D eigenvalue weighted by Gasteiger charge is 2.18. The van der Waals surface area contributed by atoms with E-state index in [0.29, 0.717) is 6.42 Å². The van der Waals surface area contributed by atoms with Crippen LogP contribution >= 0.6 is 0 Å². The Labute approximate surface area is 157 Å². The molecule has 0 aliphatic carbocycles. The van der Waals surface area contributed by atoms with Crippen molar-refractivity contribution in [2.24, 2.45) is 0 Å². The molecule has 1 atom stereocenters. The van der Waals surface area contributed by atoms with Crippen LogP contribution in [0.15, 0.2) is 53.4 Å². The van der Waals surface area contributed by atoms with Gasteiger partial charge in [0.25, 0.3) is 0 Å². The van der Waals surface area contributed by atoms with Crippen molar-refractivity contribution < 1.29 is 27.1 Å². The van der Waals surface area contributed by atoms with Crippen LogP contribution in [-0.4, -0.2) is 32.8 Å². The Hall–Kier alpha value is -2.58. The van der Waals surface area contributed by atoms with Crippen LogP contribution in [0.2, 0.25) is 0 Å². The molecule has 2 aromatic rings. The first kappa shape index (κ1) is 20.7. The fourth-order valence-electron chi connectivity index (χ4n) is 2.15. The van der Waals surface area contributed by atoms with E-state index in [2.05, 4.69) is 4.72 Å². The number of rotatable bonds is 8. The van der Waals surface area contributed by atoms with E-state index in [1.807, 2.05) is 6.92 Å². The first-order valence-electron chi connectivity index (χ1n) is 8.31. The zero-order valence-electron chi connectivity index (χ0n) is 14.9. The number of hydrogen-bond donors (Lipinski definition) is 1. The first-order valence-corrected chi connectivity index (χ1v) is 9.79. The number of ketones is 1. The number of ether oxygens (including phenoxy) is 1. The summed E-state index contributed by atoms with van der Waals surface area (Å²) in [6, 6.07) is 10.0. The van der Waals surface area contributed by atoms with Crippen LogP contribution in [0.3, 0.4) is 0 Å². The maximum absolute atomic E-state index is 13.1. The smallest absolute Gasteiger partial charge is 0.338 e. The van der Waals surface area contributed by atoms with Crippen LogP contribution in [0.25, 0.3) is 0 Å². The Morgan fingerprint density at radius 2 is 1.78 bits per heavy atom. The number of nitrogens with one attached hydrogen (secondary N) is 1. The van der Waals surface area contributed by atoms with Crippen molar-refractivity contribution >= 4 is 21.8 Å².